The van der Waals surface area contributed by atoms with Gasteiger partial charge in [0, 0.05) is 5.38 Å². The Morgan fingerprint density at radius 2 is 2.55 bits per heavy atom. The number of aromatic nitrogens is 1. The first-order chi connectivity index (χ1) is 5.20. The van der Waals surface area contributed by atoms with Crippen molar-refractivity contribution in [3.63, 3.8) is 0 Å². The molecule has 3 heteroatoms. The normalized spacial score (nSPS) is 15.0. The highest BCUT2D eigenvalue weighted by Crippen LogP contribution is 2.13. The van der Waals surface area contributed by atoms with Gasteiger partial charge < -0.3 is 0 Å². The number of halogens is 1. The Bertz CT molecular complexity index is 239. The van der Waals surface area contributed by atoms with Crippen molar-refractivity contribution in [3.8, 4) is 0 Å². The van der Waals surface area contributed by atoms with Crippen molar-refractivity contribution < 1.29 is 0 Å². The van der Waals surface area contributed by atoms with Crippen LogP contribution in [0.3, 0.4) is 0 Å². The monoisotopic (exact) mass is 187 g/mol. The van der Waals surface area contributed by atoms with Gasteiger partial charge in [0.15, 0.2) is 0 Å². The molecule has 1 nitrogen and oxygen atoms in total. The molecule has 1 rings (SSSR count). The summed E-state index contributed by atoms with van der Waals surface area (Å²) < 4.78 is 0. The molecule has 1 aromatic rings. The fraction of sp³-hybridized carbons (Fsp3) is 0.375. The van der Waals surface area contributed by atoms with Gasteiger partial charge in [-0.1, -0.05) is 5.57 Å². The number of nitrogens with zero attached hydrogens (tertiary/aromatic N) is 1. The van der Waals surface area contributed by atoms with E-state index in [1.165, 1.54) is 0 Å². The van der Waals surface area contributed by atoms with Crippen LogP contribution < -0.4 is 0 Å². The van der Waals surface area contributed by atoms with E-state index in [0.29, 0.717) is 0 Å². The van der Waals surface area contributed by atoms with Gasteiger partial charge in [0.1, 0.15) is 0 Å². The minimum Gasteiger partial charge on any atom is -0.245 e. The Labute approximate surface area is 75.7 Å². The van der Waals surface area contributed by atoms with Crippen molar-refractivity contribution in [3.05, 3.63) is 22.2 Å². The molecule has 0 aliphatic rings. The second kappa shape index (κ2) is 3.88. The van der Waals surface area contributed by atoms with E-state index in [1.54, 1.807) is 11.3 Å². The maximum atomic E-state index is 5.85. The van der Waals surface area contributed by atoms with Crippen LogP contribution in [0.25, 0.3) is 6.08 Å². The number of hydrogen-bond acceptors (Lipinski definition) is 2. The highest BCUT2D eigenvalue weighted by atomic mass is 35.5. The number of allylic oxidation sites excluding steroid dienone is 1. The van der Waals surface area contributed by atoms with Crippen molar-refractivity contribution in [1.29, 1.82) is 0 Å². The topological polar surface area (TPSA) is 12.9 Å². The lowest BCUT2D eigenvalue weighted by Crippen LogP contribution is -1.91. The Morgan fingerprint density at radius 3 is 3.00 bits per heavy atom. The summed E-state index contributed by atoms with van der Waals surface area (Å²) >= 11 is 7.45. The molecule has 60 valence electrons. The van der Waals surface area contributed by atoms with Crippen LogP contribution in [-0.4, -0.2) is 10.4 Å². The molecule has 0 N–H and O–H groups in total. The molecule has 0 aliphatic heterocycles. The summed E-state index contributed by atoms with van der Waals surface area (Å²) in [5.74, 6) is 0. The first kappa shape index (κ1) is 8.75. The lowest BCUT2D eigenvalue weighted by Gasteiger charge is -1.99. The standard InChI is InChI=1S/C8H10ClNS/c1-6(7(2)9)3-8-4-11-5-10-8/h3-5,7H,1-2H3/b6-3+. The third kappa shape index (κ3) is 2.64. The maximum absolute atomic E-state index is 5.85. The molecule has 0 saturated heterocycles. The summed E-state index contributed by atoms with van der Waals surface area (Å²) in [6.45, 7) is 3.97. The Kier molecular flexibility index (Phi) is 3.09. The zero-order valence-electron chi connectivity index (χ0n) is 6.54. The van der Waals surface area contributed by atoms with Crippen LogP contribution in [0, 0.1) is 0 Å². The number of alkyl halides is 1. The van der Waals surface area contributed by atoms with E-state index >= 15 is 0 Å². The van der Waals surface area contributed by atoms with E-state index in [1.807, 2.05) is 30.8 Å². The third-order valence-electron chi connectivity index (χ3n) is 1.45. The molecule has 1 heterocycles. The summed E-state index contributed by atoms with van der Waals surface area (Å²) in [6.07, 6.45) is 2.01. The fourth-order valence-electron chi connectivity index (χ4n) is 0.641. The second-order valence-electron chi connectivity index (χ2n) is 2.42. The van der Waals surface area contributed by atoms with Gasteiger partial charge in [-0.2, -0.15) is 0 Å². The predicted octanol–water partition coefficient (Wildman–Crippen LogP) is 3.17. The first-order valence-electron chi connectivity index (χ1n) is 3.40. The summed E-state index contributed by atoms with van der Waals surface area (Å²) in [4.78, 5) is 4.12. The van der Waals surface area contributed by atoms with Gasteiger partial charge in [0.25, 0.3) is 0 Å². The molecular weight excluding hydrogens is 178 g/mol. The molecular formula is C8H10ClNS. The summed E-state index contributed by atoms with van der Waals surface area (Å²) in [5.41, 5.74) is 3.97. The van der Waals surface area contributed by atoms with Gasteiger partial charge in [-0.05, 0) is 19.9 Å². The fourth-order valence-corrected chi connectivity index (χ4v) is 1.22. The molecule has 1 unspecified atom stereocenters. The Balaban J connectivity index is 2.74. The quantitative estimate of drug-likeness (QED) is 0.649. The average molecular weight is 188 g/mol. The summed E-state index contributed by atoms with van der Waals surface area (Å²) in [7, 11) is 0. The van der Waals surface area contributed by atoms with Crippen molar-refractivity contribution in [2.45, 2.75) is 19.2 Å². The van der Waals surface area contributed by atoms with Crippen LogP contribution in [0.1, 0.15) is 19.5 Å². The summed E-state index contributed by atoms with van der Waals surface area (Å²) in [5, 5.41) is 2.10. The van der Waals surface area contributed by atoms with E-state index in [0.717, 1.165) is 11.3 Å². The Hall–Kier alpha value is -0.340. The van der Waals surface area contributed by atoms with Gasteiger partial charge in [0.2, 0.25) is 0 Å². The van der Waals surface area contributed by atoms with Gasteiger partial charge in [-0.3, -0.25) is 0 Å². The van der Waals surface area contributed by atoms with Crippen molar-refractivity contribution >= 4 is 29.0 Å². The molecule has 0 radical (unpaired) electrons. The van der Waals surface area contributed by atoms with Crippen molar-refractivity contribution in [2.75, 3.05) is 0 Å². The maximum Gasteiger partial charge on any atom is 0.0798 e. The van der Waals surface area contributed by atoms with Crippen molar-refractivity contribution in [2.24, 2.45) is 0 Å². The molecule has 1 aromatic heterocycles. The van der Waals surface area contributed by atoms with E-state index in [4.69, 9.17) is 11.6 Å². The lowest BCUT2D eigenvalue weighted by molar-refractivity contribution is 1.12. The highest BCUT2D eigenvalue weighted by molar-refractivity contribution is 7.07. The van der Waals surface area contributed by atoms with Gasteiger partial charge >= 0.3 is 0 Å². The zero-order chi connectivity index (χ0) is 8.27. The predicted molar refractivity (Wildman–Crippen MR) is 51.1 cm³/mol. The van der Waals surface area contributed by atoms with Gasteiger partial charge in [-0.15, -0.1) is 22.9 Å². The molecule has 0 aromatic carbocycles. The Morgan fingerprint density at radius 1 is 1.82 bits per heavy atom. The largest absolute Gasteiger partial charge is 0.245 e. The number of thiazole rings is 1. The molecule has 0 spiro atoms. The molecule has 0 bridgehead atoms. The first-order valence-corrected chi connectivity index (χ1v) is 4.78. The van der Waals surface area contributed by atoms with Crippen LogP contribution in [-0.2, 0) is 0 Å². The van der Waals surface area contributed by atoms with Crippen LogP contribution in [0.4, 0.5) is 0 Å². The van der Waals surface area contributed by atoms with Crippen molar-refractivity contribution in [1.82, 2.24) is 4.98 Å². The second-order valence-corrected chi connectivity index (χ2v) is 3.79. The SMILES string of the molecule is C/C(=C\c1cscn1)C(C)Cl. The van der Waals surface area contributed by atoms with E-state index in [9.17, 15) is 0 Å². The molecule has 1 atom stereocenters. The highest BCUT2D eigenvalue weighted by Gasteiger charge is 1.98. The van der Waals surface area contributed by atoms with Crippen LogP contribution in [0.15, 0.2) is 16.5 Å². The molecule has 0 fully saturated rings. The average Bonchev–Trinajstić information content (AvgIpc) is 2.39. The smallest absolute Gasteiger partial charge is 0.0798 e. The third-order valence-corrected chi connectivity index (χ3v) is 2.40. The van der Waals surface area contributed by atoms with Gasteiger partial charge in [-0.25, -0.2) is 4.98 Å². The lowest BCUT2D eigenvalue weighted by atomic mass is 10.2. The van der Waals surface area contributed by atoms with Gasteiger partial charge in [0.05, 0.1) is 16.6 Å². The minimum atomic E-state index is 0.0942. The minimum absolute atomic E-state index is 0.0942. The molecule has 0 aliphatic carbocycles. The molecule has 11 heavy (non-hydrogen) atoms. The van der Waals surface area contributed by atoms with E-state index in [2.05, 4.69) is 4.98 Å². The molecule has 0 saturated carbocycles. The van der Waals surface area contributed by atoms with E-state index < -0.39 is 0 Å². The molecule has 0 amide bonds. The van der Waals surface area contributed by atoms with Crippen LogP contribution >= 0.6 is 22.9 Å². The van der Waals surface area contributed by atoms with Crippen LogP contribution in [0.2, 0.25) is 0 Å². The number of rotatable bonds is 2. The number of hydrogen-bond donors (Lipinski definition) is 0. The van der Waals surface area contributed by atoms with E-state index in [-0.39, 0.29) is 5.38 Å². The summed E-state index contributed by atoms with van der Waals surface area (Å²) in [6, 6.07) is 0. The van der Waals surface area contributed by atoms with Crippen LogP contribution in [0.5, 0.6) is 0 Å². The zero-order valence-corrected chi connectivity index (χ0v) is 8.12.